The Balaban J connectivity index is 1.96. The topological polar surface area (TPSA) is 15.6 Å². The van der Waals surface area contributed by atoms with E-state index in [4.69, 9.17) is 5.10 Å². The lowest BCUT2D eigenvalue weighted by molar-refractivity contribution is 1.09. The van der Waals surface area contributed by atoms with Crippen LogP contribution in [-0.4, -0.2) is 6.21 Å². The van der Waals surface area contributed by atoms with Crippen molar-refractivity contribution in [1.82, 2.24) is 0 Å². The molecule has 0 heterocycles. The number of aryl methyl sites for hydroxylation is 2. The van der Waals surface area contributed by atoms with Crippen molar-refractivity contribution in [2.24, 2.45) is 5.10 Å². The van der Waals surface area contributed by atoms with E-state index < -0.39 is 0 Å². The normalized spacial score (nSPS) is 10.9. The van der Waals surface area contributed by atoms with Gasteiger partial charge in [0.1, 0.15) is 0 Å². The van der Waals surface area contributed by atoms with Gasteiger partial charge >= 0.3 is 0 Å². The SMILES string of the molecule is Cc1ccc(/C=N/N(c2ccccc2)c2ccccc2)cc1C. The van der Waals surface area contributed by atoms with Gasteiger partial charge in [-0.05, 0) is 54.8 Å². The third-order valence-corrected chi connectivity index (χ3v) is 3.85. The molecule has 2 heteroatoms. The molecule has 3 aromatic carbocycles. The van der Waals surface area contributed by atoms with Gasteiger partial charge in [-0.3, -0.25) is 0 Å². The highest BCUT2D eigenvalue weighted by molar-refractivity contribution is 5.82. The first kappa shape index (κ1) is 15.0. The summed E-state index contributed by atoms with van der Waals surface area (Å²) in [4.78, 5) is 0. The summed E-state index contributed by atoms with van der Waals surface area (Å²) in [5, 5.41) is 6.67. The molecule has 23 heavy (non-hydrogen) atoms. The average molecular weight is 300 g/mol. The van der Waals surface area contributed by atoms with E-state index in [1.54, 1.807) is 0 Å². The maximum atomic E-state index is 4.71. The van der Waals surface area contributed by atoms with Crippen LogP contribution in [0.1, 0.15) is 16.7 Å². The van der Waals surface area contributed by atoms with Crippen LogP contribution in [0.2, 0.25) is 0 Å². The quantitative estimate of drug-likeness (QED) is 0.460. The number of anilines is 2. The van der Waals surface area contributed by atoms with Crippen molar-refractivity contribution >= 4 is 17.6 Å². The fraction of sp³-hybridized carbons (Fsp3) is 0.0952. The molecule has 0 aromatic heterocycles. The van der Waals surface area contributed by atoms with Gasteiger partial charge in [0.15, 0.2) is 0 Å². The summed E-state index contributed by atoms with van der Waals surface area (Å²) in [6.07, 6.45) is 1.91. The largest absolute Gasteiger partial charge is 0.234 e. The summed E-state index contributed by atoms with van der Waals surface area (Å²) in [5.74, 6) is 0. The average Bonchev–Trinajstić information content (AvgIpc) is 2.60. The molecule has 0 amide bonds. The first-order valence-corrected chi connectivity index (χ1v) is 7.75. The number of hydrogen-bond donors (Lipinski definition) is 0. The van der Waals surface area contributed by atoms with Crippen molar-refractivity contribution in [3.05, 3.63) is 95.6 Å². The Morgan fingerprint density at radius 3 is 1.78 bits per heavy atom. The lowest BCUT2D eigenvalue weighted by Gasteiger charge is -2.19. The predicted molar refractivity (Wildman–Crippen MR) is 98.5 cm³/mol. The van der Waals surface area contributed by atoms with Crippen molar-refractivity contribution < 1.29 is 0 Å². The molecular formula is C21H20N2. The Labute approximate surface area is 137 Å². The fourth-order valence-corrected chi connectivity index (χ4v) is 2.39. The molecule has 0 unspecified atom stereocenters. The van der Waals surface area contributed by atoms with Gasteiger partial charge in [-0.1, -0.05) is 54.6 Å². The zero-order valence-electron chi connectivity index (χ0n) is 13.5. The highest BCUT2D eigenvalue weighted by atomic mass is 15.5. The highest BCUT2D eigenvalue weighted by Crippen LogP contribution is 2.25. The van der Waals surface area contributed by atoms with E-state index in [-0.39, 0.29) is 0 Å². The molecule has 0 fully saturated rings. The standard InChI is InChI=1S/C21H20N2/c1-17-13-14-19(15-18(17)2)16-22-23(20-9-5-3-6-10-20)21-11-7-4-8-12-21/h3-16H,1-2H3/b22-16+. The maximum absolute atomic E-state index is 4.71. The molecule has 0 aliphatic heterocycles. The van der Waals surface area contributed by atoms with Gasteiger partial charge in [0, 0.05) is 0 Å². The second-order valence-electron chi connectivity index (χ2n) is 5.57. The van der Waals surface area contributed by atoms with Crippen LogP contribution in [0.25, 0.3) is 0 Å². The second-order valence-corrected chi connectivity index (χ2v) is 5.57. The van der Waals surface area contributed by atoms with Gasteiger partial charge in [-0.15, -0.1) is 0 Å². The molecule has 2 nitrogen and oxygen atoms in total. The second kappa shape index (κ2) is 6.93. The molecule has 114 valence electrons. The van der Waals surface area contributed by atoms with Crippen LogP contribution in [-0.2, 0) is 0 Å². The van der Waals surface area contributed by atoms with Crippen LogP contribution >= 0.6 is 0 Å². The predicted octanol–water partition coefficient (Wildman–Crippen LogP) is 5.48. The molecule has 0 radical (unpaired) electrons. The van der Waals surface area contributed by atoms with Crippen molar-refractivity contribution in [2.45, 2.75) is 13.8 Å². The Kier molecular flexibility index (Phi) is 4.53. The first-order valence-electron chi connectivity index (χ1n) is 7.75. The molecule has 0 saturated carbocycles. The monoisotopic (exact) mass is 300 g/mol. The molecule has 0 saturated heterocycles. The van der Waals surface area contributed by atoms with E-state index in [1.165, 1.54) is 11.1 Å². The molecule has 0 N–H and O–H groups in total. The smallest absolute Gasteiger partial charge is 0.0652 e. The van der Waals surface area contributed by atoms with E-state index in [2.05, 4.69) is 56.3 Å². The van der Waals surface area contributed by atoms with Crippen molar-refractivity contribution in [1.29, 1.82) is 0 Å². The lowest BCUT2D eigenvalue weighted by atomic mass is 10.1. The summed E-state index contributed by atoms with van der Waals surface area (Å²) < 4.78 is 0. The van der Waals surface area contributed by atoms with Crippen molar-refractivity contribution in [3.8, 4) is 0 Å². The number of benzene rings is 3. The number of para-hydroxylation sites is 2. The van der Waals surface area contributed by atoms with Crippen LogP contribution in [0, 0.1) is 13.8 Å². The molecule has 0 aliphatic carbocycles. The van der Waals surface area contributed by atoms with Crippen LogP contribution < -0.4 is 5.01 Å². The number of hydrogen-bond acceptors (Lipinski definition) is 2. The molecule has 3 rings (SSSR count). The molecule has 0 aliphatic rings. The van der Waals surface area contributed by atoms with Crippen molar-refractivity contribution in [3.63, 3.8) is 0 Å². The van der Waals surface area contributed by atoms with Gasteiger partial charge in [-0.25, -0.2) is 5.01 Å². The number of nitrogens with zero attached hydrogens (tertiary/aromatic N) is 2. The summed E-state index contributed by atoms with van der Waals surface area (Å²) in [5.41, 5.74) is 5.76. The van der Waals surface area contributed by atoms with Crippen molar-refractivity contribution in [2.75, 3.05) is 5.01 Å². The summed E-state index contributed by atoms with van der Waals surface area (Å²) in [7, 11) is 0. The lowest BCUT2D eigenvalue weighted by Crippen LogP contribution is -2.09. The maximum Gasteiger partial charge on any atom is 0.0652 e. The van der Waals surface area contributed by atoms with Gasteiger partial charge in [0.2, 0.25) is 0 Å². The fourth-order valence-electron chi connectivity index (χ4n) is 2.39. The van der Waals surface area contributed by atoms with Gasteiger partial charge < -0.3 is 0 Å². The molecular weight excluding hydrogens is 280 g/mol. The van der Waals surface area contributed by atoms with Crippen LogP contribution in [0.5, 0.6) is 0 Å². The van der Waals surface area contributed by atoms with E-state index in [9.17, 15) is 0 Å². The molecule has 0 spiro atoms. The Hall–Kier alpha value is -2.87. The zero-order valence-corrected chi connectivity index (χ0v) is 13.5. The minimum Gasteiger partial charge on any atom is -0.234 e. The van der Waals surface area contributed by atoms with Gasteiger partial charge in [0.25, 0.3) is 0 Å². The van der Waals surface area contributed by atoms with Gasteiger partial charge in [0.05, 0.1) is 17.6 Å². The highest BCUT2D eigenvalue weighted by Gasteiger charge is 2.06. The summed E-state index contributed by atoms with van der Waals surface area (Å²) in [6.45, 7) is 4.25. The van der Waals surface area contributed by atoms with E-state index in [0.29, 0.717) is 0 Å². The zero-order chi connectivity index (χ0) is 16.1. The molecule has 3 aromatic rings. The van der Waals surface area contributed by atoms with E-state index in [1.807, 2.05) is 47.6 Å². The minimum atomic E-state index is 1.04. The number of rotatable bonds is 4. The number of hydrazone groups is 1. The third kappa shape index (κ3) is 3.67. The first-order chi connectivity index (χ1) is 11.2. The summed E-state index contributed by atoms with van der Waals surface area (Å²) in [6, 6.07) is 26.8. The van der Waals surface area contributed by atoms with E-state index >= 15 is 0 Å². The van der Waals surface area contributed by atoms with E-state index in [0.717, 1.165) is 16.9 Å². The third-order valence-electron chi connectivity index (χ3n) is 3.85. The Morgan fingerprint density at radius 2 is 1.26 bits per heavy atom. The summed E-state index contributed by atoms with van der Waals surface area (Å²) >= 11 is 0. The Morgan fingerprint density at radius 1 is 0.696 bits per heavy atom. The molecule has 0 bridgehead atoms. The van der Waals surface area contributed by atoms with Crippen LogP contribution in [0.4, 0.5) is 11.4 Å². The van der Waals surface area contributed by atoms with Crippen LogP contribution in [0.3, 0.4) is 0 Å². The Bertz CT molecular complexity index is 753. The van der Waals surface area contributed by atoms with Crippen LogP contribution in [0.15, 0.2) is 84.0 Å². The molecule has 0 atom stereocenters. The minimum absolute atomic E-state index is 1.04. The van der Waals surface area contributed by atoms with Gasteiger partial charge in [-0.2, -0.15) is 5.10 Å².